The lowest BCUT2D eigenvalue weighted by Crippen LogP contribution is -2.50. The van der Waals surface area contributed by atoms with Crippen molar-refractivity contribution in [1.29, 1.82) is 0 Å². The number of amides is 1. The first-order valence-corrected chi connectivity index (χ1v) is 7.80. The van der Waals surface area contributed by atoms with E-state index in [9.17, 15) is 9.18 Å². The van der Waals surface area contributed by atoms with Crippen molar-refractivity contribution >= 4 is 29.1 Å². The van der Waals surface area contributed by atoms with Crippen molar-refractivity contribution < 1.29 is 9.18 Å². The third kappa shape index (κ3) is 2.71. The van der Waals surface area contributed by atoms with Gasteiger partial charge in [0.1, 0.15) is 5.82 Å². The Morgan fingerprint density at radius 2 is 1.77 bits per heavy atom. The number of hydrogen-bond donors (Lipinski definition) is 1. The smallest absolute Gasteiger partial charge is 0.253 e. The summed E-state index contributed by atoms with van der Waals surface area (Å²) in [5.41, 5.74) is 0.767. The molecule has 0 unspecified atom stereocenters. The van der Waals surface area contributed by atoms with Crippen molar-refractivity contribution in [3.63, 3.8) is 0 Å². The highest BCUT2D eigenvalue weighted by Gasteiger charge is 2.40. The Labute approximate surface area is 138 Å². The third-order valence-corrected chi connectivity index (χ3v) is 4.74. The largest absolute Gasteiger partial charge is 0.342 e. The molecule has 1 aliphatic rings. The van der Waals surface area contributed by atoms with Crippen molar-refractivity contribution in [2.24, 2.45) is 0 Å². The highest BCUT2D eigenvalue weighted by Crippen LogP contribution is 2.41. The average molecular weight is 338 g/mol. The van der Waals surface area contributed by atoms with Crippen molar-refractivity contribution in [2.45, 2.75) is 24.8 Å². The number of nitrogens with one attached hydrogen (secondary N) is 1. The number of carbonyl (C=O) groups excluding carboxylic acids is 1. The molecule has 0 saturated heterocycles. The summed E-state index contributed by atoms with van der Waals surface area (Å²) < 4.78 is 13.6. The van der Waals surface area contributed by atoms with Crippen LogP contribution in [0.25, 0.3) is 0 Å². The summed E-state index contributed by atoms with van der Waals surface area (Å²) in [6, 6.07) is 12.1. The van der Waals surface area contributed by atoms with E-state index >= 15 is 0 Å². The molecular formula is C17H14Cl2FNO. The minimum Gasteiger partial charge on any atom is -0.342 e. The molecule has 1 N–H and O–H groups in total. The summed E-state index contributed by atoms with van der Waals surface area (Å²) in [6.45, 7) is 0. The van der Waals surface area contributed by atoms with Crippen LogP contribution in [0.2, 0.25) is 10.0 Å². The second-order valence-electron chi connectivity index (χ2n) is 5.50. The van der Waals surface area contributed by atoms with Crippen LogP contribution in [-0.4, -0.2) is 5.91 Å². The molecule has 114 valence electrons. The molecule has 0 bridgehead atoms. The van der Waals surface area contributed by atoms with E-state index in [-0.39, 0.29) is 21.5 Å². The second-order valence-corrected chi connectivity index (χ2v) is 6.32. The summed E-state index contributed by atoms with van der Waals surface area (Å²) in [6.07, 6.45) is 2.75. The first-order chi connectivity index (χ1) is 10.5. The Morgan fingerprint density at radius 1 is 1.09 bits per heavy atom. The Kier molecular flexibility index (Phi) is 4.11. The van der Waals surface area contributed by atoms with Gasteiger partial charge < -0.3 is 5.32 Å². The second kappa shape index (κ2) is 5.90. The van der Waals surface area contributed by atoms with E-state index < -0.39 is 11.4 Å². The van der Waals surface area contributed by atoms with Gasteiger partial charge in [0.2, 0.25) is 0 Å². The SMILES string of the molecule is O=C(NC1(c2ccccc2)CCC1)c1cc(F)c(Cl)cc1Cl. The zero-order chi connectivity index (χ0) is 15.7. The minimum atomic E-state index is -0.654. The molecule has 2 aromatic rings. The van der Waals surface area contributed by atoms with E-state index in [2.05, 4.69) is 5.32 Å². The lowest BCUT2D eigenvalue weighted by molar-refractivity contribution is 0.0823. The molecule has 1 fully saturated rings. The molecule has 2 aromatic carbocycles. The third-order valence-electron chi connectivity index (χ3n) is 4.14. The van der Waals surface area contributed by atoms with E-state index in [1.165, 1.54) is 6.07 Å². The van der Waals surface area contributed by atoms with Crippen LogP contribution in [0.3, 0.4) is 0 Å². The molecule has 0 aliphatic heterocycles. The molecule has 1 saturated carbocycles. The maximum atomic E-state index is 13.6. The number of carbonyl (C=O) groups is 1. The first-order valence-electron chi connectivity index (χ1n) is 7.04. The summed E-state index contributed by atoms with van der Waals surface area (Å²) >= 11 is 11.7. The molecule has 0 spiro atoms. The standard InChI is InChI=1S/C17H14Cl2FNO/c18-13-10-14(19)15(20)9-12(13)16(22)21-17(7-4-8-17)11-5-2-1-3-6-11/h1-3,5-6,9-10H,4,7-8H2,(H,21,22). The van der Waals surface area contributed by atoms with Crippen molar-refractivity contribution in [1.82, 2.24) is 5.32 Å². The lowest BCUT2D eigenvalue weighted by Gasteiger charge is -2.43. The average Bonchev–Trinajstić information content (AvgIpc) is 2.47. The van der Waals surface area contributed by atoms with Crippen LogP contribution < -0.4 is 5.32 Å². The van der Waals surface area contributed by atoms with Crippen LogP contribution in [0, 0.1) is 5.82 Å². The topological polar surface area (TPSA) is 29.1 Å². The van der Waals surface area contributed by atoms with Gasteiger partial charge >= 0.3 is 0 Å². The van der Waals surface area contributed by atoms with E-state index in [0.29, 0.717) is 0 Å². The van der Waals surface area contributed by atoms with Gasteiger partial charge in [-0.15, -0.1) is 0 Å². The molecule has 0 aromatic heterocycles. The molecule has 22 heavy (non-hydrogen) atoms. The molecule has 2 nitrogen and oxygen atoms in total. The van der Waals surface area contributed by atoms with E-state index in [1.807, 2.05) is 30.3 Å². The van der Waals surface area contributed by atoms with Crippen LogP contribution in [0.5, 0.6) is 0 Å². The van der Waals surface area contributed by atoms with Gasteiger partial charge in [0, 0.05) is 0 Å². The van der Waals surface area contributed by atoms with Gasteiger partial charge in [0.05, 0.1) is 21.1 Å². The summed E-state index contributed by atoms with van der Waals surface area (Å²) in [5.74, 6) is -1.04. The molecular weight excluding hydrogens is 324 g/mol. The fraction of sp³-hybridized carbons (Fsp3) is 0.235. The van der Waals surface area contributed by atoms with Gasteiger partial charge in [0.15, 0.2) is 0 Å². The molecule has 1 amide bonds. The maximum absolute atomic E-state index is 13.6. The minimum absolute atomic E-state index is 0.0945. The van der Waals surface area contributed by atoms with Crippen LogP contribution in [0.4, 0.5) is 4.39 Å². The fourth-order valence-corrected chi connectivity index (χ4v) is 3.22. The maximum Gasteiger partial charge on any atom is 0.253 e. The van der Waals surface area contributed by atoms with E-state index in [1.54, 1.807) is 0 Å². The molecule has 0 atom stereocenters. The Bertz CT molecular complexity index is 714. The monoisotopic (exact) mass is 337 g/mol. The quantitative estimate of drug-likeness (QED) is 0.789. The highest BCUT2D eigenvalue weighted by atomic mass is 35.5. The van der Waals surface area contributed by atoms with E-state index in [4.69, 9.17) is 23.2 Å². The zero-order valence-electron chi connectivity index (χ0n) is 11.7. The van der Waals surface area contributed by atoms with Gasteiger partial charge in [-0.05, 0) is 37.0 Å². The predicted octanol–water partition coefficient (Wildman–Crippen LogP) is 4.94. The van der Waals surface area contributed by atoms with Crippen molar-refractivity contribution in [2.75, 3.05) is 0 Å². The molecule has 0 heterocycles. The fourth-order valence-electron chi connectivity index (χ4n) is 2.75. The Hall–Kier alpha value is -1.58. The lowest BCUT2D eigenvalue weighted by atomic mass is 9.71. The number of hydrogen-bond acceptors (Lipinski definition) is 1. The Morgan fingerprint density at radius 3 is 2.36 bits per heavy atom. The molecule has 0 radical (unpaired) electrons. The zero-order valence-corrected chi connectivity index (χ0v) is 13.2. The van der Waals surface area contributed by atoms with Crippen LogP contribution >= 0.6 is 23.2 Å². The van der Waals surface area contributed by atoms with Crippen molar-refractivity contribution in [3.05, 3.63) is 69.5 Å². The predicted molar refractivity (Wildman–Crippen MR) is 85.9 cm³/mol. The van der Waals surface area contributed by atoms with Gasteiger partial charge in [-0.2, -0.15) is 0 Å². The van der Waals surface area contributed by atoms with Crippen molar-refractivity contribution in [3.8, 4) is 0 Å². The van der Waals surface area contributed by atoms with Gasteiger partial charge in [-0.25, -0.2) is 4.39 Å². The number of benzene rings is 2. The number of halogens is 3. The molecule has 5 heteroatoms. The van der Waals surface area contributed by atoms with Gasteiger partial charge in [-0.3, -0.25) is 4.79 Å². The molecule has 3 rings (SSSR count). The normalized spacial score (nSPS) is 16.0. The Balaban J connectivity index is 1.89. The summed E-state index contributed by atoms with van der Waals surface area (Å²) in [5, 5.41) is 3.07. The van der Waals surface area contributed by atoms with Crippen LogP contribution in [-0.2, 0) is 5.54 Å². The van der Waals surface area contributed by atoms with Crippen LogP contribution in [0.15, 0.2) is 42.5 Å². The van der Waals surface area contributed by atoms with Crippen LogP contribution in [0.1, 0.15) is 35.2 Å². The first kappa shape index (κ1) is 15.3. The number of rotatable bonds is 3. The van der Waals surface area contributed by atoms with Gasteiger partial charge in [-0.1, -0.05) is 53.5 Å². The molecule has 1 aliphatic carbocycles. The summed E-state index contributed by atoms with van der Waals surface area (Å²) in [7, 11) is 0. The highest BCUT2D eigenvalue weighted by molar-refractivity contribution is 6.36. The summed E-state index contributed by atoms with van der Waals surface area (Å²) in [4.78, 5) is 12.5. The van der Waals surface area contributed by atoms with E-state index in [0.717, 1.165) is 30.9 Å². The van der Waals surface area contributed by atoms with Gasteiger partial charge in [0.25, 0.3) is 5.91 Å².